The summed E-state index contributed by atoms with van der Waals surface area (Å²) in [6, 6.07) is 17.1. The smallest absolute Gasteiger partial charge is 0.335 e. The predicted molar refractivity (Wildman–Crippen MR) is 127 cm³/mol. The van der Waals surface area contributed by atoms with Crippen molar-refractivity contribution in [2.24, 2.45) is 5.73 Å². The van der Waals surface area contributed by atoms with Crippen LogP contribution >= 0.6 is 0 Å². The highest BCUT2D eigenvalue weighted by Gasteiger charge is 2.11. The monoisotopic (exact) mass is 483 g/mol. The summed E-state index contributed by atoms with van der Waals surface area (Å²) in [4.78, 5) is 30.7. The number of hydrogen-bond donors (Lipinski definition) is 7. The first-order valence-corrected chi connectivity index (χ1v) is 9.96. The Morgan fingerprint density at radius 2 is 1.14 bits per heavy atom. The van der Waals surface area contributed by atoms with Gasteiger partial charge in [-0.3, -0.25) is 4.79 Å². The molecule has 0 amide bonds. The second-order valence-electron chi connectivity index (χ2n) is 6.93. The number of benzene rings is 3. The molecule has 3 aromatic carbocycles. The van der Waals surface area contributed by atoms with Gasteiger partial charge in [-0.05, 0) is 72.2 Å². The largest absolute Gasteiger partial charge is 0.508 e. The number of carboxylic acid groups (broad SMARTS) is 3. The third-order valence-corrected chi connectivity index (χ3v) is 4.13. The van der Waals surface area contributed by atoms with Crippen LogP contribution < -0.4 is 5.73 Å². The van der Waals surface area contributed by atoms with E-state index in [1.807, 2.05) is 0 Å². The molecular weight excluding hydrogens is 458 g/mol. The summed E-state index contributed by atoms with van der Waals surface area (Å²) in [6.45, 7) is 0. The normalized spacial score (nSPS) is 10.8. The van der Waals surface area contributed by atoms with Gasteiger partial charge in [-0.25, -0.2) is 9.59 Å². The number of rotatable bonds is 6. The summed E-state index contributed by atoms with van der Waals surface area (Å²) < 4.78 is 0. The first-order valence-electron chi connectivity index (χ1n) is 9.96. The molecule has 1 atom stereocenters. The number of nitrogens with two attached hydrogens (primary N) is 1. The van der Waals surface area contributed by atoms with Gasteiger partial charge in [0, 0.05) is 6.08 Å². The van der Waals surface area contributed by atoms with Gasteiger partial charge < -0.3 is 36.4 Å². The number of aromatic hydroxyl groups is 3. The lowest BCUT2D eigenvalue weighted by Crippen LogP contribution is -2.32. The van der Waals surface area contributed by atoms with Crippen LogP contribution in [0.5, 0.6) is 17.2 Å². The Balaban J connectivity index is 0.000000265. The molecule has 0 heterocycles. The van der Waals surface area contributed by atoms with E-state index >= 15 is 0 Å². The van der Waals surface area contributed by atoms with Gasteiger partial charge in [0.1, 0.15) is 23.3 Å². The van der Waals surface area contributed by atoms with Crippen LogP contribution in [0.2, 0.25) is 0 Å². The lowest BCUT2D eigenvalue weighted by molar-refractivity contribution is -0.138. The van der Waals surface area contributed by atoms with Crippen LogP contribution in [0.3, 0.4) is 0 Å². The van der Waals surface area contributed by atoms with Gasteiger partial charge in [0.25, 0.3) is 0 Å². The Hall–Kier alpha value is -4.83. The summed E-state index contributed by atoms with van der Waals surface area (Å²) >= 11 is 0. The van der Waals surface area contributed by atoms with Crippen LogP contribution in [0.25, 0.3) is 6.08 Å². The SMILES string of the molecule is N[C@@H](Cc1ccc(O)cc1)C(=O)O.O=C(O)C=Cc1ccc(O)cc1.O=C(O)c1ccc(O)cc1. The third kappa shape index (κ3) is 12.1. The minimum atomic E-state index is -1.02. The molecular formula is C25H25NO9. The molecule has 0 aliphatic rings. The maximum absolute atomic E-state index is 10.4. The Bertz CT molecular complexity index is 1120. The maximum atomic E-state index is 10.4. The quantitative estimate of drug-likeness (QED) is 0.256. The van der Waals surface area contributed by atoms with Crippen LogP contribution in [0.15, 0.2) is 78.9 Å². The molecule has 184 valence electrons. The second kappa shape index (κ2) is 14.3. The molecule has 35 heavy (non-hydrogen) atoms. The van der Waals surface area contributed by atoms with Crippen molar-refractivity contribution >= 4 is 24.0 Å². The van der Waals surface area contributed by atoms with E-state index in [-0.39, 0.29) is 29.2 Å². The average molecular weight is 483 g/mol. The topological polar surface area (TPSA) is 199 Å². The molecule has 0 spiro atoms. The number of aromatic carboxylic acids is 1. The molecule has 0 fully saturated rings. The molecule has 8 N–H and O–H groups in total. The van der Waals surface area contributed by atoms with Gasteiger partial charge in [-0.2, -0.15) is 0 Å². The maximum Gasteiger partial charge on any atom is 0.335 e. The Kier molecular flexibility index (Phi) is 11.6. The zero-order valence-electron chi connectivity index (χ0n) is 18.4. The fourth-order valence-corrected chi connectivity index (χ4v) is 2.33. The zero-order chi connectivity index (χ0) is 26.4. The number of phenolic OH excluding ortho intramolecular Hbond substituents is 3. The van der Waals surface area contributed by atoms with Crippen LogP contribution in [0, 0.1) is 0 Å². The van der Waals surface area contributed by atoms with Gasteiger partial charge in [-0.15, -0.1) is 0 Å². The molecule has 0 unspecified atom stereocenters. The summed E-state index contributed by atoms with van der Waals surface area (Å²) in [5.74, 6) is -2.59. The summed E-state index contributed by atoms with van der Waals surface area (Å²) in [7, 11) is 0. The van der Waals surface area contributed by atoms with Crippen LogP contribution in [0.4, 0.5) is 0 Å². The first kappa shape index (κ1) is 28.2. The number of aliphatic carboxylic acids is 2. The summed E-state index contributed by atoms with van der Waals surface area (Å²) in [5.41, 5.74) is 7.05. The number of carboxylic acids is 3. The molecule has 0 saturated heterocycles. The zero-order valence-corrected chi connectivity index (χ0v) is 18.4. The van der Waals surface area contributed by atoms with Crippen molar-refractivity contribution in [3.8, 4) is 17.2 Å². The molecule has 3 rings (SSSR count). The highest BCUT2D eigenvalue weighted by Crippen LogP contribution is 2.11. The van der Waals surface area contributed by atoms with E-state index in [0.29, 0.717) is 0 Å². The molecule has 0 radical (unpaired) electrons. The van der Waals surface area contributed by atoms with Crippen molar-refractivity contribution in [2.75, 3.05) is 0 Å². The molecule has 0 aliphatic carbocycles. The predicted octanol–water partition coefficient (Wildman–Crippen LogP) is 2.93. The molecule has 3 aromatic rings. The van der Waals surface area contributed by atoms with Gasteiger partial charge in [0.15, 0.2) is 0 Å². The highest BCUT2D eigenvalue weighted by atomic mass is 16.4. The van der Waals surface area contributed by atoms with E-state index in [4.69, 9.17) is 36.4 Å². The van der Waals surface area contributed by atoms with Crippen LogP contribution in [-0.4, -0.2) is 54.6 Å². The molecule has 0 aliphatic heterocycles. The standard InChI is InChI=1S/C9H11NO3.C9H8O3.C7H6O3/c10-8(9(12)13)5-6-1-3-7(11)4-2-6;10-8-4-1-7(2-5-8)3-6-9(11)12;8-6-3-1-5(2-4-6)7(9)10/h1-4,8,11H,5,10H2,(H,12,13);1-6,10H,(H,11,12);1-4,8H,(H,9,10)/t8-;;/m0../s1. The first-order chi connectivity index (χ1) is 16.5. The minimum Gasteiger partial charge on any atom is -0.508 e. The van der Waals surface area contributed by atoms with Crippen molar-refractivity contribution in [3.63, 3.8) is 0 Å². The van der Waals surface area contributed by atoms with Crippen LogP contribution in [-0.2, 0) is 16.0 Å². The van der Waals surface area contributed by atoms with Crippen molar-refractivity contribution in [1.82, 2.24) is 0 Å². The lowest BCUT2D eigenvalue weighted by Gasteiger charge is -2.05. The number of phenols is 3. The number of hydrogen-bond acceptors (Lipinski definition) is 7. The number of carbonyl (C=O) groups is 3. The Morgan fingerprint density at radius 3 is 1.54 bits per heavy atom. The fourth-order valence-electron chi connectivity index (χ4n) is 2.33. The molecule has 0 saturated carbocycles. The molecule has 0 aromatic heterocycles. The summed E-state index contributed by atoms with van der Waals surface area (Å²) in [6.07, 6.45) is 2.78. The Labute approximate surface area is 200 Å². The fraction of sp³-hybridized carbons (Fsp3) is 0.0800. The molecule has 10 nitrogen and oxygen atoms in total. The van der Waals surface area contributed by atoms with E-state index in [2.05, 4.69) is 0 Å². The van der Waals surface area contributed by atoms with Gasteiger partial charge >= 0.3 is 17.9 Å². The van der Waals surface area contributed by atoms with Crippen molar-refractivity contribution in [1.29, 1.82) is 0 Å². The average Bonchev–Trinajstić information content (AvgIpc) is 2.81. The van der Waals surface area contributed by atoms with Crippen molar-refractivity contribution < 1.29 is 45.0 Å². The van der Waals surface area contributed by atoms with Gasteiger partial charge in [-0.1, -0.05) is 24.3 Å². The van der Waals surface area contributed by atoms with E-state index in [1.54, 1.807) is 24.3 Å². The van der Waals surface area contributed by atoms with Crippen LogP contribution in [0.1, 0.15) is 21.5 Å². The third-order valence-electron chi connectivity index (χ3n) is 4.13. The van der Waals surface area contributed by atoms with Crippen molar-refractivity contribution in [3.05, 3.63) is 95.6 Å². The summed E-state index contributed by atoms with van der Waals surface area (Å²) in [5, 5.41) is 51.8. The lowest BCUT2D eigenvalue weighted by atomic mass is 10.1. The van der Waals surface area contributed by atoms with E-state index in [9.17, 15) is 14.4 Å². The molecule has 0 bridgehead atoms. The van der Waals surface area contributed by atoms with Gasteiger partial charge in [0.2, 0.25) is 0 Å². The highest BCUT2D eigenvalue weighted by molar-refractivity contribution is 5.87. The van der Waals surface area contributed by atoms with E-state index in [0.717, 1.165) is 17.2 Å². The minimum absolute atomic E-state index is 0.0741. The second-order valence-corrected chi connectivity index (χ2v) is 6.93. The van der Waals surface area contributed by atoms with E-state index < -0.39 is 23.9 Å². The Morgan fingerprint density at radius 1 is 0.714 bits per heavy atom. The van der Waals surface area contributed by atoms with Crippen molar-refractivity contribution in [2.45, 2.75) is 12.5 Å². The van der Waals surface area contributed by atoms with Gasteiger partial charge in [0.05, 0.1) is 5.56 Å². The molecule has 10 heteroatoms. The van der Waals surface area contributed by atoms with E-state index in [1.165, 1.54) is 54.6 Å².